The lowest BCUT2D eigenvalue weighted by atomic mass is 9.68. The van der Waals surface area contributed by atoms with E-state index in [0.29, 0.717) is 37.5 Å². The van der Waals surface area contributed by atoms with Crippen molar-refractivity contribution in [3.63, 3.8) is 0 Å². The van der Waals surface area contributed by atoms with Crippen LogP contribution < -0.4 is 14.2 Å². The van der Waals surface area contributed by atoms with Crippen LogP contribution in [0.2, 0.25) is 0 Å². The smallest absolute Gasteiger partial charge is 0.426 e. The Morgan fingerprint density at radius 1 is 0.733 bits per heavy atom. The second kappa shape index (κ2) is 15.0. The molecule has 2 fully saturated rings. The van der Waals surface area contributed by atoms with Crippen molar-refractivity contribution in [3.05, 3.63) is 65.7 Å². The fourth-order valence-corrected chi connectivity index (χ4v) is 6.54. The highest BCUT2D eigenvalue weighted by Crippen LogP contribution is 2.46. The molecule has 2 saturated carbocycles. The van der Waals surface area contributed by atoms with Gasteiger partial charge in [0, 0.05) is 12.1 Å². The van der Waals surface area contributed by atoms with Gasteiger partial charge in [-0.2, -0.15) is 30.7 Å². The zero-order valence-electron chi connectivity index (χ0n) is 24.9. The molecule has 0 bridgehead atoms. The molecule has 0 spiro atoms. The maximum Gasteiger partial charge on any atom is 0.426 e. The van der Waals surface area contributed by atoms with Crippen molar-refractivity contribution >= 4 is 0 Å². The average molecular weight is 653 g/mol. The summed E-state index contributed by atoms with van der Waals surface area (Å²) in [4.78, 5) is 0. The van der Waals surface area contributed by atoms with E-state index in [1.165, 1.54) is 38.5 Å². The van der Waals surface area contributed by atoms with E-state index in [2.05, 4.69) is 16.4 Å². The van der Waals surface area contributed by atoms with Gasteiger partial charge in [0.05, 0.1) is 11.5 Å². The molecule has 0 atom stereocenters. The topological polar surface area (TPSA) is 27.7 Å². The predicted molar refractivity (Wildman–Crippen MR) is 149 cm³/mol. The second-order valence-electron chi connectivity index (χ2n) is 12.0. The summed E-state index contributed by atoms with van der Waals surface area (Å²) in [5, 5.41) is 0. The Kier molecular flexibility index (Phi) is 11.6. The first-order valence-corrected chi connectivity index (χ1v) is 15.4. The van der Waals surface area contributed by atoms with Gasteiger partial charge in [0.15, 0.2) is 11.6 Å². The lowest BCUT2D eigenvalue weighted by Gasteiger charge is -2.39. The molecular weight excluding hydrogens is 615 g/mol. The van der Waals surface area contributed by atoms with Crippen molar-refractivity contribution in [2.45, 2.75) is 96.2 Å². The molecule has 250 valence electrons. The monoisotopic (exact) mass is 652 g/mol. The number of ether oxygens (including phenoxy) is 3. The van der Waals surface area contributed by atoms with Crippen molar-refractivity contribution in [2.24, 2.45) is 23.7 Å². The van der Waals surface area contributed by atoms with Crippen molar-refractivity contribution in [3.8, 4) is 17.2 Å². The third kappa shape index (κ3) is 9.25. The largest absolute Gasteiger partial charge is 0.432 e. The Bertz CT molecular complexity index is 1260. The van der Waals surface area contributed by atoms with Crippen LogP contribution in [0.3, 0.4) is 0 Å². The van der Waals surface area contributed by atoms with E-state index in [1.807, 2.05) is 0 Å². The molecule has 45 heavy (non-hydrogen) atoms. The van der Waals surface area contributed by atoms with Gasteiger partial charge in [0.2, 0.25) is 5.75 Å². The van der Waals surface area contributed by atoms with Crippen LogP contribution in [0.5, 0.6) is 17.2 Å². The van der Waals surface area contributed by atoms with Gasteiger partial charge in [-0.15, -0.1) is 0 Å². The Morgan fingerprint density at radius 2 is 1.29 bits per heavy atom. The first kappa shape index (κ1) is 34.8. The summed E-state index contributed by atoms with van der Waals surface area (Å²) in [6, 6.07) is 1.13. The summed E-state index contributed by atoms with van der Waals surface area (Å²) in [5.74, 6) is -5.82. The predicted octanol–water partition coefficient (Wildman–Crippen LogP) is 11.7. The highest BCUT2D eigenvalue weighted by molar-refractivity contribution is 5.37. The molecule has 0 radical (unpaired) electrons. The summed E-state index contributed by atoms with van der Waals surface area (Å²) < 4.78 is 138. The molecule has 3 nitrogen and oxygen atoms in total. The van der Waals surface area contributed by atoms with E-state index in [0.717, 1.165) is 43.0 Å². The van der Waals surface area contributed by atoms with Crippen LogP contribution in [-0.2, 0) is 6.11 Å². The quantitative estimate of drug-likeness (QED) is 0.122. The lowest BCUT2D eigenvalue weighted by Crippen LogP contribution is -2.38. The molecule has 2 aliphatic carbocycles. The molecule has 2 aromatic rings. The highest BCUT2D eigenvalue weighted by atomic mass is 19.3. The normalized spacial score (nSPS) is 22.5. The minimum absolute atomic E-state index is 0.183. The highest BCUT2D eigenvalue weighted by Gasteiger charge is 2.45. The first-order chi connectivity index (χ1) is 21.3. The zero-order chi connectivity index (χ0) is 32.8. The van der Waals surface area contributed by atoms with E-state index in [9.17, 15) is 30.7 Å². The third-order valence-electron chi connectivity index (χ3n) is 9.02. The van der Waals surface area contributed by atoms with Gasteiger partial charge in [-0.3, -0.25) is 0 Å². The van der Waals surface area contributed by atoms with Gasteiger partial charge in [-0.25, -0.2) is 8.78 Å². The Balaban J connectivity index is 1.29. The molecule has 0 aromatic heterocycles. The van der Waals surface area contributed by atoms with Gasteiger partial charge in [0.25, 0.3) is 0 Å². The minimum atomic E-state index is -4.20. The molecular formula is C33H37F9O3. The van der Waals surface area contributed by atoms with Crippen LogP contribution >= 0.6 is 0 Å². The van der Waals surface area contributed by atoms with Gasteiger partial charge < -0.3 is 14.2 Å². The zero-order valence-corrected chi connectivity index (χ0v) is 24.9. The molecule has 0 aliphatic heterocycles. The number of hydrogen-bond acceptors (Lipinski definition) is 3. The maximum absolute atomic E-state index is 15.1. The molecule has 0 amide bonds. The first-order valence-electron chi connectivity index (χ1n) is 15.4. The Hall–Kier alpha value is -3.05. The van der Waals surface area contributed by atoms with Crippen LogP contribution in [0.15, 0.2) is 48.5 Å². The number of alkyl halides is 4. The summed E-state index contributed by atoms with van der Waals surface area (Å²) in [6.07, 6.45) is 1.07. The molecule has 0 N–H and O–H groups in total. The number of hydrogen-bond donors (Lipinski definition) is 0. The molecule has 2 aliphatic rings. The molecule has 4 rings (SSSR count). The minimum Gasteiger partial charge on any atom is -0.432 e. The average Bonchev–Trinajstić information content (AvgIpc) is 2.99. The van der Waals surface area contributed by atoms with Crippen molar-refractivity contribution in [1.82, 2.24) is 0 Å². The molecule has 0 unspecified atom stereocenters. The molecule has 12 heteroatoms. The standard InChI is InChI=1S/C33H37F9O3/c1-2-3-4-5-20-6-8-21(9-7-20)22-10-12-23(13-11-22)32(39,40)44-25-16-14-24(15-17-25)33(41,42)45-26-18-27(34)29(28(35)19-26)43-31(38)30(36)37/h14-23H,2-13H2,1H3. The summed E-state index contributed by atoms with van der Waals surface area (Å²) in [6.45, 7) is 2.20. The molecule has 0 heterocycles. The van der Waals surface area contributed by atoms with Crippen LogP contribution in [0.4, 0.5) is 39.5 Å². The van der Waals surface area contributed by atoms with Crippen molar-refractivity contribution in [1.29, 1.82) is 0 Å². The van der Waals surface area contributed by atoms with Crippen LogP contribution in [0, 0.1) is 35.3 Å². The van der Waals surface area contributed by atoms with E-state index in [-0.39, 0.29) is 17.9 Å². The third-order valence-corrected chi connectivity index (χ3v) is 9.02. The fourth-order valence-electron chi connectivity index (χ4n) is 6.54. The Labute approximate surface area is 256 Å². The lowest BCUT2D eigenvalue weighted by molar-refractivity contribution is -0.224. The van der Waals surface area contributed by atoms with Crippen LogP contribution in [0.1, 0.15) is 89.5 Å². The number of rotatable bonds is 13. The summed E-state index contributed by atoms with van der Waals surface area (Å²) in [5.41, 5.74) is -0.853. The van der Waals surface area contributed by atoms with Crippen LogP contribution in [-0.4, -0.2) is 6.11 Å². The van der Waals surface area contributed by atoms with Gasteiger partial charge in [0.1, 0.15) is 11.5 Å². The van der Waals surface area contributed by atoms with E-state index in [4.69, 9.17) is 4.74 Å². The SMILES string of the molecule is CCCCCC1CCC(C2CCC(C(F)(F)Oc3ccc(C(F)(F)Oc4cc(F)c(OC(F)=C(F)F)c(F)c4)cc3)CC2)CC1. The Morgan fingerprint density at radius 3 is 1.82 bits per heavy atom. The molecule has 0 saturated heterocycles. The van der Waals surface area contributed by atoms with E-state index in [1.54, 1.807) is 0 Å². The van der Waals surface area contributed by atoms with Gasteiger partial charge in [-0.1, -0.05) is 45.4 Å². The van der Waals surface area contributed by atoms with Gasteiger partial charge in [-0.05, 0) is 80.5 Å². The summed E-state index contributed by atoms with van der Waals surface area (Å²) in [7, 11) is 0. The molecule has 2 aromatic carbocycles. The van der Waals surface area contributed by atoms with E-state index < -0.39 is 58.9 Å². The maximum atomic E-state index is 15.1. The number of halogens is 9. The summed E-state index contributed by atoms with van der Waals surface area (Å²) >= 11 is 0. The van der Waals surface area contributed by atoms with Crippen LogP contribution in [0.25, 0.3) is 0 Å². The number of unbranched alkanes of at least 4 members (excludes halogenated alkanes) is 2. The second-order valence-corrected chi connectivity index (χ2v) is 12.0. The van der Waals surface area contributed by atoms with Gasteiger partial charge >= 0.3 is 24.3 Å². The van der Waals surface area contributed by atoms with Crippen molar-refractivity contribution < 1.29 is 53.7 Å². The fraction of sp³-hybridized carbons (Fsp3) is 0.576. The number of benzene rings is 2. The van der Waals surface area contributed by atoms with Crippen molar-refractivity contribution in [2.75, 3.05) is 0 Å². The van der Waals surface area contributed by atoms with E-state index >= 15 is 8.78 Å².